The predicted octanol–water partition coefficient (Wildman–Crippen LogP) is 5.11. The van der Waals surface area contributed by atoms with Crippen LogP contribution in [0, 0.1) is 0 Å². The van der Waals surface area contributed by atoms with Gasteiger partial charge in [0, 0.05) is 18.7 Å². The molecule has 4 aromatic rings. The second kappa shape index (κ2) is 8.94. The van der Waals surface area contributed by atoms with Crippen LogP contribution in [0.25, 0.3) is 21.7 Å². The highest BCUT2D eigenvalue weighted by Gasteiger charge is 2.23. The van der Waals surface area contributed by atoms with Crippen LogP contribution in [-0.2, 0) is 6.54 Å². The van der Waals surface area contributed by atoms with E-state index in [2.05, 4.69) is 23.8 Å². The number of carbonyl (C=O) groups is 1. The number of Topliss-reactive ketones (excluding diaryl/α,β-unsaturated/α-hetero) is 1. The highest BCUT2D eigenvalue weighted by molar-refractivity contribution is 7.22. The number of piperidine rings is 1. The van der Waals surface area contributed by atoms with E-state index < -0.39 is 0 Å². The number of anilines is 1. The van der Waals surface area contributed by atoms with Gasteiger partial charge in [-0.1, -0.05) is 49.4 Å². The Morgan fingerprint density at radius 1 is 1.12 bits per heavy atom. The average molecular weight is 463 g/mol. The Morgan fingerprint density at radius 2 is 1.88 bits per heavy atom. The molecule has 170 valence electrons. The average Bonchev–Trinajstić information content (AvgIpc) is 3.52. The van der Waals surface area contributed by atoms with Crippen LogP contribution in [0.5, 0.6) is 0 Å². The fraction of sp³-hybridized carbons (Fsp3) is 0.360. The van der Waals surface area contributed by atoms with Crippen molar-refractivity contribution < 1.29 is 9.21 Å². The van der Waals surface area contributed by atoms with Crippen LogP contribution in [0.4, 0.5) is 5.13 Å². The molecule has 0 radical (unpaired) electrons. The van der Waals surface area contributed by atoms with Crippen molar-refractivity contribution in [3.05, 3.63) is 64.1 Å². The molecule has 0 N–H and O–H groups in total. The largest absolute Gasteiger partial charge is 0.463 e. The standard InChI is InChI=1S/C25H26N4O3S/c1-16(2)17-8-10-18(11-9-17)19(30)15-29-24(31)22-23(21(27-29)20-7-6-14-32-20)33-25(26-22)28-12-4-3-5-13-28/h6-11,14,16H,3-5,12-13,15H2,1-2H3. The van der Waals surface area contributed by atoms with Gasteiger partial charge in [-0.2, -0.15) is 5.10 Å². The van der Waals surface area contributed by atoms with E-state index in [-0.39, 0.29) is 17.9 Å². The Hall–Kier alpha value is -3.26. The number of aromatic nitrogens is 3. The molecule has 0 bridgehead atoms. The summed E-state index contributed by atoms with van der Waals surface area (Å²) < 4.78 is 7.52. The zero-order chi connectivity index (χ0) is 22.9. The summed E-state index contributed by atoms with van der Waals surface area (Å²) >= 11 is 1.47. The number of rotatable bonds is 6. The molecule has 0 saturated carbocycles. The summed E-state index contributed by atoms with van der Waals surface area (Å²) in [6.07, 6.45) is 5.03. The van der Waals surface area contributed by atoms with Crippen LogP contribution in [0.1, 0.15) is 54.9 Å². The molecule has 7 nitrogen and oxygen atoms in total. The molecule has 0 atom stereocenters. The molecule has 5 rings (SSSR count). The first-order valence-corrected chi connectivity index (χ1v) is 12.2. The molecule has 0 amide bonds. The number of hydrogen-bond acceptors (Lipinski definition) is 7. The van der Waals surface area contributed by atoms with Gasteiger partial charge in [-0.3, -0.25) is 9.59 Å². The number of fused-ring (bicyclic) bond motifs is 1. The normalized spacial score (nSPS) is 14.3. The van der Waals surface area contributed by atoms with E-state index in [0.29, 0.717) is 33.2 Å². The Balaban J connectivity index is 1.55. The lowest BCUT2D eigenvalue weighted by Crippen LogP contribution is -2.29. The summed E-state index contributed by atoms with van der Waals surface area (Å²) in [6, 6.07) is 11.1. The van der Waals surface area contributed by atoms with Gasteiger partial charge in [-0.15, -0.1) is 0 Å². The fourth-order valence-corrected chi connectivity index (χ4v) is 5.23. The first-order valence-electron chi connectivity index (χ1n) is 11.3. The van der Waals surface area contributed by atoms with Crippen LogP contribution >= 0.6 is 11.3 Å². The molecular weight excluding hydrogens is 436 g/mol. The van der Waals surface area contributed by atoms with Crippen molar-refractivity contribution in [1.29, 1.82) is 0 Å². The van der Waals surface area contributed by atoms with Crippen molar-refractivity contribution >= 4 is 32.5 Å². The van der Waals surface area contributed by atoms with E-state index >= 15 is 0 Å². The summed E-state index contributed by atoms with van der Waals surface area (Å²) in [6.45, 7) is 5.93. The molecule has 0 unspecified atom stereocenters. The van der Waals surface area contributed by atoms with Crippen molar-refractivity contribution in [1.82, 2.24) is 14.8 Å². The van der Waals surface area contributed by atoms with E-state index in [0.717, 1.165) is 36.6 Å². The van der Waals surface area contributed by atoms with Crippen LogP contribution in [0.2, 0.25) is 0 Å². The van der Waals surface area contributed by atoms with Gasteiger partial charge >= 0.3 is 0 Å². The van der Waals surface area contributed by atoms with E-state index in [4.69, 9.17) is 9.40 Å². The summed E-state index contributed by atoms with van der Waals surface area (Å²) in [5.41, 5.74) is 2.24. The molecule has 1 saturated heterocycles. The SMILES string of the molecule is CC(C)c1ccc(C(=O)Cn2nc(-c3ccco3)c3sc(N4CCCCC4)nc3c2=O)cc1. The third kappa shape index (κ3) is 4.23. The number of ketones is 1. The molecule has 1 aromatic carbocycles. The maximum absolute atomic E-state index is 13.3. The molecule has 1 fully saturated rings. The summed E-state index contributed by atoms with van der Waals surface area (Å²) in [5, 5.41) is 5.38. The second-order valence-electron chi connectivity index (χ2n) is 8.71. The van der Waals surface area contributed by atoms with Gasteiger partial charge in [-0.05, 0) is 42.9 Å². The molecule has 1 aliphatic heterocycles. The van der Waals surface area contributed by atoms with Gasteiger partial charge in [0.05, 0.1) is 11.0 Å². The Morgan fingerprint density at radius 3 is 2.55 bits per heavy atom. The first kappa shape index (κ1) is 21.6. The lowest BCUT2D eigenvalue weighted by atomic mass is 10.0. The number of carbonyl (C=O) groups excluding carboxylic acids is 1. The van der Waals surface area contributed by atoms with E-state index in [1.165, 1.54) is 22.4 Å². The topological polar surface area (TPSA) is 81.2 Å². The number of nitrogens with zero attached hydrogens (tertiary/aromatic N) is 4. The van der Waals surface area contributed by atoms with Crippen molar-refractivity contribution in [2.24, 2.45) is 0 Å². The monoisotopic (exact) mass is 462 g/mol. The molecule has 33 heavy (non-hydrogen) atoms. The fourth-order valence-electron chi connectivity index (χ4n) is 4.13. The van der Waals surface area contributed by atoms with E-state index in [9.17, 15) is 9.59 Å². The highest BCUT2D eigenvalue weighted by Crippen LogP contribution is 2.34. The molecule has 8 heteroatoms. The van der Waals surface area contributed by atoms with Gasteiger partial charge in [0.2, 0.25) is 0 Å². The number of furan rings is 1. The summed E-state index contributed by atoms with van der Waals surface area (Å²) in [5.74, 6) is 0.767. The van der Waals surface area contributed by atoms with Gasteiger partial charge in [0.25, 0.3) is 5.56 Å². The molecular formula is C25H26N4O3S. The Bertz CT molecular complexity index is 1330. The smallest absolute Gasteiger partial charge is 0.294 e. The van der Waals surface area contributed by atoms with Gasteiger partial charge in [0.15, 0.2) is 22.2 Å². The minimum Gasteiger partial charge on any atom is -0.463 e. The van der Waals surface area contributed by atoms with Crippen molar-refractivity contribution in [2.75, 3.05) is 18.0 Å². The zero-order valence-corrected chi connectivity index (χ0v) is 19.6. The third-order valence-corrected chi connectivity index (χ3v) is 7.19. The highest BCUT2D eigenvalue weighted by atomic mass is 32.1. The molecule has 0 spiro atoms. The quantitative estimate of drug-likeness (QED) is 0.371. The van der Waals surface area contributed by atoms with Crippen LogP contribution < -0.4 is 10.5 Å². The maximum Gasteiger partial charge on any atom is 0.294 e. The second-order valence-corrected chi connectivity index (χ2v) is 9.69. The lowest BCUT2D eigenvalue weighted by Gasteiger charge is -2.25. The van der Waals surface area contributed by atoms with Crippen LogP contribution in [0.15, 0.2) is 51.9 Å². The minimum atomic E-state index is -0.355. The lowest BCUT2D eigenvalue weighted by molar-refractivity contribution is 0.0966. The van der Waals surface area contributed by atoms with E-state index in [1.807, 2.05) is 30.3 Å². The van der Waals surface area contributed by atoms with Gasteiger partial charge in [0.1, 0.15) is 12.2 Å². The minimum absolute atomic E-state index is 0.153. The predicted molar refractivity (Wildman–Crippen MR) is 130 cm³/mol. The summed E-state index contributed by atoms with van der Waals surface area (Å²) in [4.78, 5) is 33.2. The number of hydrogen-bond donors (Lipinski definition) is 0. The Labute approximate surface area is 195 Å². The summed E-state index contributed by atoms with van der Waals surface area (Å²) in [7, 11) is 0. The first-order chi connectivity index (χ1) is 16.0. The number of benzene rings is 1. The van der Waals surface area contributed by atoms with Crippen molar-refractivity contribution in [2.45, 2.75) is 45.6 Å². The molecule has 1 aliphatic rings. The molecule has 4 heterocycles. The van der Waals surface area contributed by atoms with Crippen molar-refractivity contribution in [3.8, 4) is 11.5 Å². The van der Waals surface area contributed by atoms with Crippen molar-refractivity contribution in [3.63, 3.8) is 0 Å². The molecule has 0 aliphatic carbocycles. The Kier molecular flexibility index (Phi) is 5.85. The number of thiazole rings is 1. The molecule has 3 aromatic heterocycles. The maximum atomic E-state index is 13.3. The van der Waals surface area contributed by atoms with E-state index in [1.54, 1.807) is 12.3 Å². The third-order valence-electron chi connectivity index (χ3n) is 6.06. The van der Waals surface area contributed by atoms with Crippen LogP contribution in [0.3, 0.4) is 0 Å². The van der Waals surface area contributed by atoms with Crippen LogP contribution in [-0.4, -0.2) is 33.6 Å². The zero-order valence-electron chi connectivity index (χ0n) is 18.8. The van der Waals surface area contributed by atoms with Gasteiger partial charge in [-0.25, -0.2) is 9.67 Å². The van der Waals surface area contributed by atoms with Gasteiger partial charge < -0.3 is 9.32 Å².